The van der Waals surface area contributed by atoms with Gasteiger partial charge in [-0.1, -0.05) is 79.1 Å². The Bertz CT molecular complexity index is 74.1. The zero-order chi connectivity index (χ0) is 13.2. The van der Waals surface area contributed by atoms with Gasteiger partial charge < -0.3 is 4.74 Å². The molecular weight excluding hydrogens is 208 g/mol. The van der Waals surface area contributed by atoms with Gasteiger partial charge in [0.25, 0.3) is 0 Å². The fourth-order valence-electron chi connectivity index (χ4n) is 1.51. The molecule has 0 atom stereocenters. The van der Waals surface area contributed by atoms with Crippen molar-refractivity contribution < 1.29 is 4.74 Å². The topological polar surface area (TPSA) is 9.23 Å². The van der Waals surface area contributed by atoms with Crippen molar-refractivity contribution in [1.82, 2.24) is 0 Å². The van der Waals surface area contributed by atoms with Crippen LogP contribution < -0.4 is 0 Å². The largest absolute Gasteiger partial charge is 0.381 e. The fourth-order valence-corrected chi connectivity index (χ4v) is 1.51. The molecule has 106 valence electrons. The molecule has 0 amide bonds. The van der Waals surface area contributed by atoms with Crippen molar-refractivity contribution in [1.29, 1.82) is 0 Å². The average Bonchev–Trinajstić information content (AvgIpc) is 2.93. The Morgan fingerprint density at radius 3 is 1.00 bits per heavy atom. The van der Waals surface area contributed by atoms with Crippen LogP contribution in [0.4, 0.5) is 0 Å². The highest BCUT2D eigenvalue weighted by molar-refractivity contribution is 4.43. The molecule has 0 aliphatic carbocycles. The molecule has 1 aliphatic heterocycles. The fraction of sp³-hybridized carbons (Fsp3) is 1.00. The maximum atomic E-state index is 4.94. The number of rotatable bonds is 6. The van der Waals surface area contributed by atoms with Gasteiger partial charge in [-0.3, -0.25) is 0 Å². The van der Waals surface area contributed by atoms with Gasteiger partial charge in [-0.15, -0.1) is 0 Å². The van der Waals surface area contributed by atoms with E-state index in [2.05, 4.69) is 27.7 Å². The zero-order valence-corrected chi connectivity index (χ0v) is 12.9. The molecule has 1 rings (SSSR count). The van der Waals surface area contributed by atoms with E-state index in [-0.39, 0.29) is 0 Å². The van der Waals surface area contributed by atoms with Gasteiger partial charge in [-0.25, -0.2) is 0 Å². The molecule has 0 unspecified atom stereocenters. The molecule has 0 aromatic heterocycles. The van der Waals surface area contributed by atoms with E-state index < -0.39 is 0 Å². The first-order valence-electron chi connectivity index (χ1n) is 7.91. The molecule has 1 aliphatic rings. The smallest absolute Gasteiger partial charge is 0.0466 e. The zero-order valence-electron chi connectivity index (χ0n) is 12.9. The molecule has 1 heterocycles. The molecule has 1 heteroatoms. The van der Waals surface area contributed by atoms with Gasteiger partial charge in [0.15, 0.2) is 0 Å². The molecule has 0 spiro atoms. The minimum Gasteiger partial charge on any atom is -0.381 e. The number of ether oxygens (including phenoxy) is 1. The summed E-state index contributed by atoms with van der Waals surface area (Å²) in [6, 6.07) is 0. The van der Waals surface area contributed by atoms with Crippen LogP contribution >= 0.6 is 0 Å². The van der Waals surface area contributed by atoms with Gasteiger partial charge in [0.05, 0.1) is 0 Å². The van der Waals surface area contributed by atoms with Crippen LogP contribution in [0.2, 0.25) is 0 Å². The van der Waals surface area contributed by atoms with Gasteiger partial charge in [-0.05, 0) is 12.8 Å². The Labute approximate surface area is 110 Å². The number of hydrogen-bond acceptors (Lipinski definition) is 1. The minimum atomic E-state index is 1.00. The minimum absolute atomic E-state index is 1.00. The van der Waals surface area contributed by atoms with E-state index in [1.165, 1.54) is 64.2 Å². The average molecular weight is 244 g/mol. The lowest BCUT2D eigenvalue weighted by Gasteiger charge is -1.86. The van der Waals surface area contributed by atoms with E-state index in [9.17, 15) is 0 Å². The summed E-state index contributed by atoms with van der Waals surface area (Å²) in [4.78, 5) is 0. The maximum absolute atomic E-state index is 4.94. The van der Waals surface area contributed by atoms with Crippen LogP contribution in [-0.2, 0) is 4.74 Å². The standard InChI is InChI=1S/2C6H14.C4H8O/c2*1-3-5-6-4-2;1-2-4-5-3-1/h2*3-6H2,1-2H3;1-4H2. The van der Waals surface area contributed by atoms with Crippen molar-refractivity contribution in [3.8, 4) is 0 Å². The van der Waals surface area contributed by atoms with E-state index >= 15 is 0 Å². The summed E-state index contributed by atoms with van der Waals surface area (Å²) < 4.78 is 4.94. The Hall–Kier alpha value is -0.0400. The molecule has 1 saturated heterocycles. The van der Waals surface area contributed by atoms with Crippen molar-refractivity contribution in [2.24, 2.45) is 0 Å². The van der Waals surface area contributed by atoms with E-state index in [1.807, 2.05) is 0 Å². The molecule has 1 fully saturated rings. The van der Waals surface area contributed by atoms with E-state index in [1.54, 1.807) is 0 Å². The highest BCUT2D eigenvalue weighted by Crippen LogP contribution is 1.98. The molecule has 0 saturated carbocycles. The third-order valence-electron chi connectivity index (χ3n) is 2.74. The van der Waals surface area contributed by atoms with Crippen molar-refractivity contribution in [3.63, 3.8) is 0 Å². The summed E-state index contributed by atoms with van der Waals surface area (Å²) in [5, 5.41) is 0. The second-order valence-electron chi connectivity index (χ2n) is 4.73. The first-order valence-corrected chi connectivity index (χ1v) is 7.91. The van der Waals surface area contributed by atoms with Crippen LogP contribution in [0.5, 0.6) is 0 Å². The van der Waals surface area contributed by atoms with E-state index in [0.29, 0.717) is 0 Å². The normalized spacial score (nSPS) is 13.4. The van der Waals surface area contributed by atoms with Gasteiger partial charge in [0, 0.05) is 13.2 Å². The monoisotopic (exact) mass is 244 g/mol. The van der Waals surface area contributed by atoms with E-state index in [0.717, 1.165) is 13.2 Å². The van der Waals surface area contributed by atoms with Gasteiger partial charge in [-0.2, -0.15) is 0 Å². The lowest BCUT2D eigenvalue weighted by Crippen LogP contribution is -1.74. The van der Waals surface area contributed by atoms with Gasteiger partial charge >= 0.3 is 0 Å². The molecule has 0 radical (unpaired) electrons. The molecule has 0 bridgehead atoms. The van der Waals surface area contributed by atoms with Crippen LogP contribution in [0.1, 0.15) is 91.9 Å². The Morgan fingerprint density at radius 2 is 0.882 bits per heavy atom. The molecule has 1 nitrogen and oxygen atoms in total. The van der Waals surface area contributed by atoms with Crippen LogP contribution in [-0.4, -0.2) is 13.2 Å². The number of unbranched alkanes of at least 4 members (excludes halogenated alkanes) is 6. The Kier molecular flexibility index (Phi) is 24.1. The number of hydrogen-bond donors (Lipinski definition) is 0. The summed E-state index contributed by atoms with van der Waals surface area (Å²) in [6.07, 6.45) is 13.6. The van der Waals surface area contributed by atoms with Crippen molar-refractivity contribution >= 4 is 0 Å². The van der Waals surface area contributed by atoms with Crippen LogP contribution in [0.3, 0.4) is 0 Å². The lowest BCUT2D eigenvalue weighted by molar-refractivity contribution is 0.198. The summed E-state index contributed by atoms with van der Waals surface area (Å²) in [7, 11) is 0. The van der Waals surface area contributed by atoms with Crippen molar-refractivity contribution in [3.05, 3.63) is 0 Å². The second-order valence-corrected chi connectivity index (χ2v) is 4.73. The van der Waals surface area contributed by atoms with Crippen molar-refractivity contribution in [2.75, 3.05) is 13.2 Å². The SMILES string of the molecule is C1CCOC1.CCCCCC.CCCCCC. The molecule has 0 aromatic rings. The predicted molar refractivity (Wildman–Crippen MR) is 79.7 cm³/mol. The van der Waals surface area contributed by atoms with Crippen LogP contribution in [0, 0.1) is 0 Å². The predicted octanol–water partition coefficient (Wildman–Crippen LogP) is 5.97. The third kappa shape index (κ3) is 25.9. The van der Waals surface area contributed by atoms with Crippen LogP contribution in [0.25, 0.3) is 0 Å². The maximum Gasteiger partial charge on any atom is 0.0466 e. The first-order chi connectivity index (χ1) is 8.33. The quantitative estimate of drug-likeness (QED) is 0.523. The van der Waals surface area contributed by atoms with E-state index in [4.69, 9.17) is 4.74 Å². The summed E-state index contributed by atoms with van der Waals surface area (Å²) in [5.74, 6) is 0. The molecule has 17 heavy (non-hydrogen) atoms. The Morgan fingerprint density at radius 1 is 0.588 bits per heavy atom. The molecule has 0 N–H and O–H groups in total. The van der Waals surface area contributed by atoms with Crippen LogP contribution in [0.15, 0.2) is 0 Å². The summed E-state index contributed by atoms with van der Waals surface area (Å²) >= 11 is 0. The summed E-state index contributed by atoms with van der Waals surface area (Å²) in [6.45, 7) is 10.9. The van der Waals surface area contributed by atoms with Gasteiger partial charge in [0.2, 0.25) is 0 Å². The Balaban J connectivity index is 0. The van der Waals surface area contributed by atoms with Gasteiger partial charge in [0.1, 0.15) is 0 Å². The molecule has 0 aromatic carbocycles. The summed E-state index contributed by atoms with van der Waals surface area (Å²) in [5.41, 5.74) is 0. The highest BCUT2D eigenvalue weighted by Gasteiger charge is 1.94. The lowest BCUT2D eigenvalue weighted by atomic mass is 10.2. The third-order valence-corrected chi connectivity index (χ3v) is 2.74. The highest BCUT2D eigenvalue weighted by atomic mass is 16.5. The molecular formula is C16H36O. The first kappa shape index (κ1) is 19.3. The van der Waals surface area contributed by atoms with Crippen molar-refractivity contribution in [2.45, 2.75) is 91.9 Å². The second kappa shape index (κ2) is 21.3.